The number of rotatable bonds is 7. The number of nitrogens with one attached hydrogen (secondary N) is 1. The maximum atomic E-state index is 12.7. The SMILES string of the molecule is COCCNCC(=O)N1N=C(c2cccs2)CC1c1ccc(C)cc1. The van der Waals surface area contributed by atoms with Crippen LogP contribution in [0.4, 0.5) is 0 Å². The van der Waals surface area contributed by atoms with Gasteiger partial charge in [-0.15, -0.1) is 11.3 Å². The lowest BCUT2D eigenvalue weighted by Gasteiger charge is -2.22. The van der Waals surface area contributed by atoms with Crippen molar-refractivity contribution in [2.45, 2.75) is 19.4 Å². The average Bonchev–Trinajstić information content (AvgIpc) is 3.28. The molecule has 0 bridgehead atoms. The highest BCUT2D eigenvalue weighted by molar-refractivity contribution is 7.12. The Morgan fingerprint density at radius 2 is 2.16 bits per heavy atom. The van der Waals surface area contributed by atoms with E-state index in [2.05, 4.69) is 47.7 Å². The number of benzene rings is 1. The van der Waals surface area contributed by atoms with Gasteiger partial charge in [-0.2, -0.15) is 5.10 Å². The molecule has 2 heterocycles. The largest absolute Gasteiger partial charge is 0.383 e. The van der Waals surface area contributed by atoms with Crippen molar-refractivity contribution in [1.29, 1.82) is 0 Å². The number of methoxy groups -OCH3 is 1. The summed E-state index contributed by atoms with van der Waals surface area (Å²) in [5.41, 5.74) is 3.30. The molecule has 0 radical (unpaired) electrons. The molecular formula is C19H23N3O2S. The highest BCUT2D eigenvalue weighted by Gasteiger charge is 2.33. The lowest BCUT2D eigenvalue weighted by atomic mass is 10.00. The molecule has 0 fully saturated rings. The van der Waals surface area contributed by atoms with Gasteiger partial charge in [0, 0.05) is 20.1 Å². The topological polar surface area (TPSA) is 53.9 Å². The first-order valence-electron chi connectivity index (χ1n) is 8.38. The molecule has 1 aliphatic heterocycles. The van der Waals surface area contributed by atoms with Gasteiger partial charge < -0.3 is 10.1 Å². The highest BCUT2D eigenvalue weighted by Crippen LogP contribution is 2.33. The van der Waals surface area contributed by atoms with Crippen molar-refractivity contribution < 1.29 is 9.53 Å². The van der Waals surface area contributed by atoms with Crippen LogP contribution >= 0.6 is 11.3 Å². The zero-order chi connectivity index (χ0) is 17.6. The number of aryl methyl sites for hydroxylation is 1. The van der Waals surface area contributed by atoms with Crippen molar-refractivity contribution in [1.82, 2.24) is 10.3 Å². The minimum Gasteiger partial charge on any atom is -0.383 e. The molecule has 0 spiro atoms. The number of thiophene rings is 1. The number of hydrogen-bond acceptors (Lipinski definition) is 5. The third-order valence-electron chi connectivity index (χ3n) is 4.19. The van der Waals surface area contributed by atoms with E-state index in [0.717, 1.165) is 22.6 Å². The summed E-state index contributed by atoms with van der Waals surface area (Å²) in [6.45, 7) is 3.55. The van der Waals surface area contributed by atoms with Crippen LogP contribution in [-0.4, -0.2) is 43.4 Å². The van der Waals surface area contributed by atoms with Crippen molar-refractivity contribution in [2.75, 3.05) is 26.8 Å². The summed E-state index contributed by atoms with van der Waals surface area (Å²) in [6, 6.07) is 12.4. The van der Waals surface area contributed by atoms with E-state index in [4.69, 9.17) is 4.74 Å². The Bertz CT molecular complexity index is 726. The summed E-state index contributed by atoms with van der Waals surface area (Å²) >= 11 is 1.66. The van der Waals surface area contributed by atoms with Crippen molar-refractivity contribution in [3.05, 3.63) is 57.8 Å². The number of hydrazone groups is 1. The van der Waals surface area contributed by atoms with E-state index in [1.165, 1.54) is 5.56 Å². The summed E-state index contributed by atoms with van der Waals surface area (Å²) in [5, 5.41) is 11.4. The van der Waals surface area contributed by atoms with Crippen molar-refractivity contribution in [3.63, 3.8) is 0 Å². The zero-order valence-corrected chi connectivity index (χ0v) is 15.4. The first kappa shape index (κ1) is 17.8. The Morgan fingerprint density at radius 1 is 1.36 bits per heavy atom. The maximum Gasteiger partial charge on any atom is 0.257 e. The fraction of sp³-hybridized carbons (Fsp3) is 0.368. The van der Waals surface area contributed by atoms with Gasteiger partial charge in [-0.1, -0.05) is 35.9 Å². The second-order valence-corrected chi connectivity index (χ2v) is 7.01. The standard InChI is InChI=1S/C19H23N3O2S/c1-14-5-7-15(8-6-14)17-12-16(18-4-3-11-25-18)21-22(17)19(23)13-20-9-10-24-2/h3-8,11,17,20H,9-10,12-13H2,1-2H3. The second-order valence-electron chi connectivity index (χ2n) is 6.06. The highest BCUT2D eigenvalue weighted by atomic mass is 32.1. The molecule has 1 aromatic heterocycles. The van der Waals surface area contributed by atoms with Crippen LogP contribution in [-0.2, 0) is 9.53 Å². The van der Waals surface area contributed by atoms with E-state index < -0.39 is 0 Å². The van der Waals surface area contributed by atoms with Crippen LogP contribution in [0.15, 0.2) is 46.9 Å². The van der Waals surface area contributed by atoms with Crippen LogP contribution in [0.3, 0.4) is 0 Å². The van der Waals surface area contributed by atoms with Gasteiger partial charge in [0.05, 0.1) is 29.8 Å². The first-order chi connectivity index (χ1) is 12.2. The van der Waals surface area contributed by atoms with Crippen molar-refractivity contribution in [3.8, 4) is 0 Å². The van der Waals surface area contributed by atoms with Crippen LogP contribution < -0.4 is 5.32 Å². The molecule has 1 N–H and O–H groups in total. The fourth-order valence-electron chi connectivity index (χ4n) is 2.83. The van der Waals surface area contributed by atoms with Gasteiger partial charge in [-0.3, -0.25) is 4.79 Å². The summed E-state index contributed by atoms with van der Waals surface area (Å²) in [5.74, 6) is -0.0202. The summed E-state index contributed by atoms with van der Waals surface area (Å²) in [7, 11) is 1.65. The van der Waals surface area contributed by atoms with Gasteiger partial charge in [0.2, 0.25) is 0 Å². The molecule has 25 heavy (non-hydrogen) atoms. The van der Waals surface area contributed by atoms with Crippen LogP contribution in [0.1, 0.15) is 28.5 Å². The third-order valence-corrected chi connectivity index (χ3v) is 5.11. The Kier molecular flexibility index (Phi) is 5.96. The van der Waals surface area contributed by atoms with Gasteiger partial charge in [0.25, 0.3) is 5.91 Å². The second kappa shape index (κ2) is 8.38. The molecule has 0 saturated heterocycles. The number of amides is 1. The van der Waals surface area contributed by atoms with Crippen LogP contribution in [0, 0.1) is 6.92 Å². The zero-order valence-electron chi connectivity index (χ0n) is 14.6. The van der Waals surface area contributed by atoms with E-state index in [9.17, 15) is 4.79 Å². The fourth-order valence-corrected chi connectivity index (χ4v) is 3.55. The van der Waals surface area contributed by atoms with Crippen LogP contribution in [0.25, 0.3) is 0 Å². The van der Waals surface area contributed by atoms with Crippen LogP contribution in [0.2, 0.25) is 0 Å². The van der Waals surface area contributed by atoms with Gasteiger partial charge in [0.15, 0.2) is 0 Å². The number of carbonyl (C=O) groups is 1. The molecule has 0 saturated carbocycles. The molecular weight excluding hydrogens is 334 g/mol. The Balaban J connectivity index is 1.78. The number of nitrogens with zero attached hydrogens (tertiary/aromatic N) is 2. The van der Waals surface area contributed by atoms with E-state index >= 15 is 0 Å². The molecule has 132 valence electrons. The van der Waals surface area contributed by atoms with Gasteiger partial charge in [-0.25, -0.2) is 5.01 Å². The normalized spacial score (nSPS) is 17.0. The van der Waals surface area contributed by atoms with E-state index in [0.29, 0.717) is 13.2 Å². The van der Waals surface area contributed by atoms with Gasteiger partial charge in [0.1, 0.15) is 0 Å². The molecule has 1 unspecified atom stereocenters. The summed E-state index contributed by atoms with van der Waals surface area (Å²) in [4.78, 5) is 13.8. The monoisotopic (exact) mass is 357 g/mol. The van der Waals surface area contributed by atoms with Crippen molar-refractivity contribution in [2.24, 2.45) is 5.10 Å². The molecule has 5 nitrogen and oxygen atoms in total. The van der Waals surface area contributed by atoms with E-state index in [1.807, 2.05) is 11.4 Å². The number of hydrogen-bond donors (Lipinski definition) is 1. The lowest BCUT2D eigenvalue weighted by molar-refractivity contribution is -0.132. The molecule has 2 aromatic rings. The van der Waals surface area contributed by atoms with E-state index in [-0.39, 0.29) is 18.5 Å². The number of ether oxygens (including phenoxy) is 1. The minimum absolute atomic E-state index is 0.0202. The minimum atomic E-state index is -0.0468. The Morgan fingerprint density at radius 3 is 2.84 bits per heavy atom. The van der Waals surface area contributed by atoms with Gasteiger partial charge >= 0.3 is 0 Å². The first-order valence-corrected chi connectivity index (χ1v) is 9.26. The predicted molar refractivity (Wildman–Crippen MR) is 101 cm³/mol. The molecule has 1 atom stereocenters. The summed E-state index contributed by atoms with van der Waals surface area (Å²) in [6.07, 6.45) is 0.743. The quantitative estimate of drug-likeness (QED) is 0.775. The molecule has 1 aliphatic rings. The van der Waals surface area contributed by atoms with Crippen LogP contribution in [0.5, 0.6) is 0 Å². The maximum absolute atomic E-state index is 12.7. The predicted octanol–water partition coefficient (Wildman–Crippen LogP) is 2.97. The Labute approximate surface area is 152 Å². The number of carbonyl (C=O) groups excluding carboxylic acids is 1. The molecule has 0 aliphatic carbocycles. The van der Waals surface area contributed by atoms with Gasteiger partial charge in [-0.05, 0) is 23.9 Å². The molecule has 1 aromatic carbocycles. The lowest BCUT2D eigenvalue weighted by Crippen LogP contribution is -2.36. The van der Waals surface area contributed by atoms with E-state index in [1.54, 1.807) is 23.5 Å². The summed E-state index contributed by atoms with van der Waals surface area (Å²) < 4.78 is 5.00. The van der Waals surface area contributed by atoms with Crippen molar-refractivity contribution >= 4 is 23.0 Å². The average molecular weight is 357 g/mol. The smallest absolute Gasteiger partial charge is 0.257 e. The third kappa shape index (κ3) is 4.34. The molecule has 6 heteroatoms. The Hall–Kier alpha value is -2.02. The molecule has 3 rings (SSSR count). The molecule has 1 amide bonds.